The van der Waals surface area contributed by atoms with Gasteiger partial charge in [0.15, 0.2) is 23.2 Å². The van der Waals surface area contributed by atoms with E-state index in [0.717, 1.165) is 5.56 Å². The van der Waals surface area contributed by atoms with Gasteiger partial charge in [-0.3, -0.25) is 14.7 Å². The highest BCUT2D eigenvalue weighted by Crippen LogP contribution is 2.32. The average Bonchev–Trinajstić information content (AvgIpc) is 3.29. The summed E-state index contributed by atoms with van der Waals surface area (Å²) < 4.78 is 7.05. The third-order valence-corrected chi connectivity index (χ3v) is 5.06. The molecule has 0 aliphatic carbocycles. The van der Waals surface area contributed by atoms with E-state index < -0.39 is 36.1 Å². The Labute approximate surface area is 170 Å². The summed E-state index contributed by atoms with van der Waals surface area (Å²) in [5.74, 6) is 0.517. The summed E-state index contributed by atoms with van der Waals surface area (Å²) in [6.45, 7) is -0.00954. The number of nitro groups is 1. The minimum atomic E-state index is -1.25. The fraction of sp³-hybridized carbons (Fsp3) is 0.389. The molecule has 1 aliphatic heterocycles. The molecule has 1 aliphatic rings. The molecule has 12 nitrogen and oxygen atoms in total. The van der Waals surface area contributed by atoms with E-state index >= 15 is 0 Å². The monoisotopic (exact) mass is 416 g/mol. The molecule has 0 unspecified atom stereocenters. The van der Waals surface area contributed by atoms with Crippen LogP contribution in [0.4, 0.5) is 11.5 Å². The summed E-state index contributed by atoms with van der Waals surface area (Å²) in [7, 11) is 1.80. The van der Waals surface area contributed by atoms with Crippen LogP contribution in [0.1, 0.15) is 11.8 Å². The van der Waals surface area contributed by atoms with Gasteiger partial charge >= 0.3 is 0 Å². The fourth-order valence-corrected chi connectivity index (χ4v) is 3.49. The van der Waals surface area contributed by atoms with Gasteiger partial charge in [-0.2, -0.15) is 0 Å². The van der Waals surface area contributed by atoms with Crippen LogP contribution in [0.3, 0.4) is 0 Å². The van der Waals surface area contributed by atoms with E-state index in [4.69, 9.17) is 4.74 Å². The Balaban J connectivity index is 1.61. The van der Waals surface area contributed by atoms with E-state index in [-0.39, 0.29) is 5.69 Å². The van der Waals surface area contributed by atoms with Crippen LogP contribution in [0.25, 0.3) is 11.2 Å². The van der Waals surface area contributed by atoms with Crippen LogP contribution >= 0.6 is 0 Å². The molecule has 2 aromatic heterocycles. The molecule has 4 atom stereocenters. The number of imidazole rings is 1. The highest BCUT2D eigenvalue weighted by Gasteiger charge is 2.44. The smallest absolute Gasteiger partial charge is 0.269 e. The number of fused-ring (bicyclic) bond motifs is 1. The van der Waals surface area contributed by atoms with Crippen LogP contribution in [0.15, 0.2) is 36.9 Å². The summed E-state index contributed by atoms with van der Waals surface area (Å²) in [4.78, 5) is 25.0. The molecule has 3 N–H and O–H groups in total. The highest BCUT2D eigenvalue weighted by atomic mass is 16.6. The lowest BCUT2D eigenvalue weighted by Gasteiger charge is -2.19. The number of rotatable bonds is 6. The predicted octanol–water partition coefficient (Wildman–Crippen LogP) is -0.0176. The van der Waals surface area contributed by atoms with Gasteiger partial charge in [-0.25, -0.2) is 15.0 Å². The van der Waals surface area contributed by atoms with Gasteiger partial charge in [0.25, 0.3) is 5.69 Å². The zero-order valence-electron chi connectivity index (χ0n) is 15.9. The molecular weight excluding hydrogens is 396 g/mol. The van der Waals surface area contributed by atoms with Crippen molar-refractivity contribution in [2.24, 2.45) is 0 Å². The predicted molar refractivity (Wildman–Crippen MR) is 104 cm³/mol. The maximum atomic E-state index is 10.8. The van der Waals surface area contributed by atoms with Crippen LogP contribution in [0.2, 0.25) is 0 Å². The number of hydrogen-bond donors (Lipinski definition) is 3. The number of non-ortho nitro benzene ring substituents is 1. The van der Waals surface area contributed by atoms with E-state index in [2.05, 4.69) is 15.0 Å². The Bertz CT molecular complexity index is 1060. The lowest BCUT2D eigenvalue weighted by Crippen LogP contribution is -2.33. The van der Waals surface area contributed by atoms with Gasteiger partial charge < -0.3 is 25.0 Å². The minimum Gasteiger partial charge on any atom is -0.394 e. The van der Waals surface area contributed by atoms with Crippen molar-refractivity contribution < 1.29 is 25.0 Å². The zero-order valence-corrected chi connectivity index (χ0v) is 15.9. The quantitative estimate of drug-likeness (QED) is 0.368. The van der Waals surface area contributed by atoms with E-state index in [0.29, 0.717) is 23.5 Å². The summed E-state index contributed by atoms with van der Waals surface area (Å²) in [5.41, 5.74) is 1.71. The Morgan fingerprint density at radius 2 is 1.93 bits per heavy atom. The number of aliphatic hydroxyl groups excluding tert-OH is 3. The Morgan fingerprint density at radius 1 is 1.20 bits per heavy atom. The number of anilines is 1. The number of aliphatic hydroxyl groups is 3. The Kier molecular flexibility index (Phi) is 5.30. The van der Waals surface area contributed by atoms with Gasteiger partial charge in [-0.05, 0) is 5.56 Å². The SMILES string of the molecule is CN(Cc1ccc([N+](=O)[O-])cc1)c1ncnc2c1ncn2[C@@H]1O[C@H](CO)[C@@H](O)[C@H]1O. The van der Waals surface area contributed by atoms with Crippen molar-refractivity contribution in [3.05, 3.63) is 52.6 Å². The molecule has 0 bridgehead atoms. The molecule has 3 aromatic rings. The lowest BCUT2D eigenvalue weighted by molar-refractivity contribution is -0.384. The lowest BCUT2D eigenvalue weighted by atomic mass is 10.1. The van der Waals surface area contributed by atoms with Gasteiger partial charge in [0.1, 0.15) is 24.6 Å². The molecule has 0 spiro atoms. The fourth-order valence-electron chi connectivity index (χ4n) is 3.49. The Hall–Kier alpha value is -3.19. The van der Waals surface area contributed by atoms with Crippen LogP contribution < -0.4 is 4.90 Å². The van der Waals surface area contributed by atoms with Crippen LogP contribution in [-0.4, -0.2) is 71.7 Å². The number of nitrogens with zero attached hydrogens (tertiary/aromatic N) is 6. The van der Waals surface area contributed by atoms with Crippen molar-refractivity contribution in [1.82, 2.24) is 19.5 Å². The third-order valence-electron chi connectivity index (χ3n) is 5.06. The molecule has 158 valence electrons. The number of benzene rings is 1. The molecular formula is C18H20N6O6. The number of nitro benzene ring substituents is 1. The molecule has 4 rings (SSSR count). The first-order chi connectivity index (χ1) is 14.4. The largest absolute Gasteiger partial charge is 0.394 e. The van der Waals surface area contributed by atoms with E-state index in [1.54, 1.807) is 19.2 Å². The summed E-state index contributed by atoms with van der Waals surface area (Å²) >= 11 is 0. The maximum absolute atomic E-state index is 10.8. The number of aromatic nitrogens is 4. The molecule has 0 saturated carbocycles. The van der Waals surface area contributed by atoms with Crippen LogP contribution in [-0.2, 0) is 11.3 Å². The molecule has 1 fully saturated rings. The topological polar surface area (TPSA) is 160 Å². The van der Waals surface area contributed by atoms with E-state index in [9.17, 15) is 25.4 Å². The average molecular weight is 416 g/mol. The minimum absolute atomic E-state index is 0.0167. The van der Waals surface area contributed by atoms with Crippen LogP contribution in [0.5, 0.6) is 0 Å². The van der Waals surface area contributed by atoms with Gasteiger partial charge in [0.05, 0.1) is 17.9 Å². The summed E-state index contributed by atoms with van der Waals surface area (Å²) in [5, 5.41) is 40.4. The molecule has 0 amide bonds. The first-order valence-corrected chi connectivity index (χ1v) is 9.15. The summed E-state index contributed by atoms with van der Waals surface area (Å²) in [6.07, 6.45) is -1.57. The molecule has 3 heterocycles. The molecule has 0 radical (unpaired) electrons. The number of ether oxygens (including phenoxy) is 1. The van der Waals surface area contributed by atoms with Crippen molar-refractivity contribution in [2.45, 2.75) is 31.1 Å². The first kappa shape index (κ1) is 20.1. The summed E-state index contributed by atoms with van der Waals surface area (Å²) in [6, 6.07) is 6.22. The van der Waals surface area contributed by atoms with Crippen molar-refractivity contribution in [3.8, 4) is 0 Å². The maximum Gasteiger partial charge on any atom is 0.269 e. The standard InChI is InChI=1S/C18H20N6O6/c1-22(6-10-2-4-11(5-3-10)24(28)29)16-13-17(20-8-19-16)23(9-21-13)18-15(27)14(26)12(7-25)30-18/h2-5,8-9,12,14-15,18,25-27H,6-7H2,1H3/t12-,14-,15-,18-/m1/s1. The van der Waals surface area contributed by atoms with Crippen LogP contribution in [0, 0.1) is 10.1 Å². The second-order valence-electron chi connectivity index (χ2n) is 7.03. The van der Waals surface area contributed by atoms with E-state index in [1.807, 2.05) is 4.90 Å². The van der Waals surface area contributed by atoms with Gasteiger partial charge in [-0.15, -0.1) is 0 Å². The molecule has 1 saturated heterocycles. The second kappa shape index (κ2) is 7.91. The molecule has 12 heteroatoms. The highest BCUT2D eigenvalue weighted by molar-refractivity contribution is 5.83. The van der Waals surface area contributed by atoms with Crippen molar-refractivity contribution in [1.29, 1.82) is 0 Å². The van der Waals surface area contributed by atoms with Gasteiger partial charge in [0.2, 0.25) is 0 Å². The van der Waals surface area contributed by atoms with E-state index in [1.165, 1.54) is 29.4 Å². The Morgan fingerprint density at radius 3 is 2.57 bits per heavy atom. The first-order valence-electron chi connectivity index (χ1n) is 9.15. The third kappa shape index (κ3) is 3.45. The van der Waals surface area contributed by atoms with Gasteiger partial charge in [-0.1, -0.05) is 12.1 Å². The second-order valence-corrected chi connectivity index (χ2v) is 7.03. The van der Waals surface area contributed by atoms with Crippen molar-refractivity contribution >= 4 is 22.7 Å². The van der Waals surface area contributed by atoms with Gasteiger partial charge in [0, 0.05) is 25.7 Å². The normalized spacial score (nSPS) is 23.7. The van der Waals surface area contributed by atoms with Crippen molar-refractivity contribution in [3.63, 3.8) is 0 Å². The molecule has 30 heavy (non-hydrogen) atoms. The molecule has 1 aromatic carbocycles. The number of hydrogen-bond acceptors (Lipinski definition) is 10. The van der Waals surface area contributed by atoms with Crippen molar-refractivity contribution in [2.75, 3.05) is 18.6 Å². The zero-order chi connectivity index (χ0) is 21.4.